The molecule has 1 unspecified atom stereocenters. The lowest BCUT2D eigenvalue weighted by molar-refractivity contribution is -0.161. The molecule has 0 saturated carbocycles. The summed E-state index contributed by atoms with van der Waals surface area (Å²) in [6, 6.07) is 21.9. The number of fused-ring (bicyclic) bond motifs is 1. The first-order valence-electron chi connectivity index (χ1n) is 15.7. The van der Waals surface area contributed by atoms with E-state index in [-0.39, 0.29) is 39.5 Å². The van der Waals surface area contributed by atoms with Gasteiger partial charge in [-0.25, -0.2) is 14.4 Å². The van der Waals surface area contributed by atoms with Crippen LogP contribution in [0.3, 0.4) is 0 Å². The summed E-state index contributed by atoms with van der Waals surface area (Å²) < 4.78 is 10.3. The number of β-lactam (4-membered cyclic amide) rings is 1. The molecule has 6 rings (SSSR count). The highest BCUT2D eigenvalue weighted by molar-refractivity contribution is 8.01. The molecule has 4 N–H and O–H groups in total. The van der Waals surface area contributed by atoms with E-state index in [2.05, 4.69) is 10.6 Å². The Labute approximate surface area is 295 Å². The second-order valence-corrected chi connectivity index (χ2v) is 14.0. The number of carbonyl (C=O) groups excluding carboxylic acids is 5. The molecule has 4 aromatic rings. The SMILES string of the molecule is CC1(C)S[C@@H]2[C@H](NC(=O)C(NC(=O)c3ccc(OC(=O)c4ccccc4)c(OC(=O)c4ccccc4)c3)c3ccc(O)cc3)C(=O)N2[C@H]1C(=O)O. The number of nitrogens with zero attached hydrogens (tertiary/aromatic N) is 1. The van der Waals surface area contributed by atoms with Gasteiger partial charge < -0.3 is 35.2 Å². The molecular weight excluding hydrogens is 678 g/mol. The number of nitrogens with one attached hydrogen (secondary N) is 2. The molecule has 51 heavy (non-hydrogen) atoms. The number of ether oxygens (including phenoxy) is 2. The van der Waals surface area contributed by atoms with E-state index >= 15 is 0 Å². The zero-order valence-corrected chi connectivity index (χ0v) is 28.0. The average molecular weight is 710 g/mol. The molecule has 3 amide bonds. The summed E-state index contributed by atoms with van der Waals surface area (Å²) in [5.74, 6) is -5.32. The third-order valence-corrected chi connectivity index (χ3v) is 9.94. The van der Waals surface area contributed by atoms with Crippen molar-refractivity contribution in [3.63, 3.8) is 0 Å². The van der Waals surface area contributed by atoms with Crippen LogP contribution in [-0.2, 0) is 14.4 Å². The van der Waals surface area contributed by atoms with E-state index in [1.807, 2.05) is 0 Å². The molecule has 2 saturated heterocycles. The molecular formula is C37H31N3O10S. The fraction of sp³-hybridized carbons (Fsp3) is 0.189. The summed E-state index contributed by atoms with van der Waals surface area (Å²) in [5, 5.41) is 24.3. The molecule has 0 spiro atoms. The Hall–Kier alpha value is -6.15. The van der Waals surface area contributed by atoms with Gasteiger partial charge in [0.25, 0.3) is 5.91 Å². The van der Waals surface area contributed by atoms with Crippen LogP contribution in [0.2, 0.25) is 0 Å². The first-order chi connectivity index (χ1) is 24.3. The smallest absolute Gasteiger partial charge is 0.343 e. The van der Waals surface area contributed by atoms with E-state index in [0.717, 1.165) is 0 Å². The van der Waals surface area contributed by atoms with E-state index < -0.39 is 63.9 Å². The van der Waals surface area contributed by atoms with Gasteiger partial charge in [-0.3, -0.25) is 14.4 Å². The molecule has 4 aromatic carbocycles. The molecule has 14 heteroatoms. The standard InChI is InChI=1S/C37H31N3O10S/c1-37(2)29(34(45)46)40-32(44)28(33(40)51-37)39-31(43)27(20-13-16-24(41)17-14-20)38-30(42)23-15-18-25(49-35(47)21-9-5-3-6-10-21)26(19-23)50-36(48)22-11-7-4-8-12-22/h3-19,27-29,33,41H,1-2H3,(H,38,42)(H,39,43)(H,45,46)/t27?,28-,29+,33-/m1/s1. The topological polar surface area (TPSA) is 189 Å². The number of hydrogen-bond donors (Lipinski definition) is 4. The molecule has 2 fully saturated rings. The molecule has 2 heterocycles. The number of aromatic hydroxyl groups is 1. The van der Waals surface area contributed by atoms with Crippen molar-refractivity contribution >= 4 is 47.4 Å². The van der Waals surface area contributed by atoms with Gasteiger partial charge in [0.2, 0.25) is 11.8 Å². The fourth-order valence-corrected chi connectivity index (χ4v) is 7.47. The number of phenols is 1. The van der Waals surface area contributed by atoms with Gasteiger partial charge in [-0.2, -0.15) is 0 Å². The highest BCUT2D eigenvalue weighted by Crippen LogP contribution is 2.50. The third-order valence-electron chi connectivity index (χ3n) is 8.37. The Morgan fingerprint density at radius 2 is 1.35 bits per heavy atom. The van der Waals surface area contributed by atoms with Crippen LogP contribution < -0.4 is 20.1 Å². The van der Waals surface area contributed by atoms with E-state index in [0.29, 0.717) is 0 Å². The van der Waals surface area contributed by atoms with Crippen molar-refractivity contribution in [3.8, 4) is 17.2 Å². The lowest BCUT2D eigenvalue weighted by Crippen LogP contribution is -2.71. The van der Waals surface area contributed by atoms with Gasteiger partial charge in [0.15, 0.2) is 11.5 Å². The Balaban J connectivity index is 1.26. The summed E-state index contributed by atoms with van der Waals surface area (Å²) in [6.45, 7) is 3.42. The first-order valence-corrected chi connectivity index (χ1v) is 16.5. The van der Waals surface area contributed by atoms with Gasteiger partial charge >= 0.3 is 17.9 Å². The number of amides is 3. The molecule has 13 nitrogen and oxygen atoms in total. The van der Waals surface area contributed by atoms with Gasteiger partial charge in [0, 0.05) is 10.3 Å². The first kappa shape index (κ1) is 34.7. The van der Waals surface area contributed by atoms with Crippen LogP contribution in [0.5, 0.6) is 17.2 Å². The van der Waals surface area contributed by atoms with E-state index in [1.54, 1.807) is 62.4 Å². The van der Waals surface area contributed by atoms with E-state index in [9.17, 15) is 39.0 Å². The predicted molar refractivity (Wildman–Crippen MR) is 183 cm³/mol. The summed E-state index contributed by atoms with van der Waals surface area (Å²) >= 11 is 1.25. The number of carbonyl (C=O) groups is 6. The van der Waals surface area contributed by atoms with Crippen molar-refractivity contribution in [1.29, 1.82) is 0 Å². The molecule has 260 valence electrons. The predicted octanol–water partition coefficient (Wildman–Crippen LogP) is 3.93. The Morgan fingerprint density at radius 1 is 0.784 bits per heavy atom. The van der Waals surface area contributed by atoms with Crippen molar-refractivity contribution in [2.45, 2.75) is 42.1 Å². The fourth-order valence-electron chi connectivity index (χ4n) is 5.84. The Morgan fingerprint density at radius 3 is 1.92 bits per heavy atom. The minimum Gasteiger partial charge on any atom is -0.508 e. The monoisotopic (exact) mass is 709 g/mol. The van der Waals surface area contributed by atoms with Crippen molar-refractivity contribution in [2.24, 2.45) is 0 Å². The van der Waals surface area contributed by atoms with Gasteiger partial charge in [-0.1, -0.05) is 48.5 Å². The van der Waals surface area contributed by atoms with Crippen molar-refractivity contribution < 1.29 is 48.5 Å². The maximum Gasteiger partial charge on any atom is 0.343 e. The van der Waals surface area contributed by atoms with Gasteiger partial charge in [-0.15, -0.1) is 11.8 Å². The van der Waals surface area contributed by atoms with Crippen molar-refractivity contribution in [1.82, 2.24) is 15.5 Å². The number of rotatable bonds is 10. The molecule has 4 atom stereocenters. The summed E-state index contributed by atoms with van der Waals surface area (Å²) in [5.41, 5.74) is 0.604. The maximum absolute atomic E-state index is 13.8. The van der Waals surface area contributed by atoms with Gasteiger partial charge in [0.1, 0.15) is 29.2 Å². The van der Waals surface area contributed by atoms with Crippen LogP contribution in [0.4, 0.5) is 0 Å². The zero-order valence-electron chi connectivity index (χ0n) is 27.1. The highest BCUT2D eigenvalue weighted by Gasteiger charge is 2.64. The maximum atomic E-state index is 13.8. The minimum absolute atomic E-state index is 0.0785. The number of aliphatic carboxylic acids is 1. The number of esters is 2. The number of phenolic OH excluding ortho intramolecular Hbond substituents is 1. The molecule has 0 aromatic heterocycles. The summed E-state index contributed by atoms with van der Waals surface area (Å²) in [4.78, 5) is 79.7. The molecule has 0 bridgehead atoms. The van der Waals surface area contributed by atoms with Crippen LogP contribution in [0.1, 0.15) is 56.5 Å². The van der Waals surface area contributed by atoms with Crippen LogP contribution in [0.25, 0.3) is 0 Å². The number of hydrogen-bond acceptors (Lipinski definition) is 10. The molecule has 0 radical (unpaired) electrons. The van der Waals surface area contributed by atoms with Crippen LogP contribution in [0.15, 0.2) is 103 Å². The van der Waals surface area contributed by atoms with Crippen molar-refractivity contribution in [2.75, 3.05) is 0 Å². The normalized spacial score (nSPS) is 19.1. The number of carboxylic acid groups (broad SMARTS) is 1. The lowest BCUT2D eigenvalue weighted by atomic mass is 9.95. The Kier molecular flexibility index (Phi) is 9.52. The summed E-state index contributed by atoms with van der Waals surface area (Å²) in [6.07, 6.45) is 0. The third kappa shape index (κ3) is 7.12. The number of thioether (sulfide) groups is 1. The second kappa shape index (κ2) is 14.0. The molecule has 0 aliphatic carbocycles. The minimum atomic E-state index is -1.39. The Bertz CT molecular complexity index is 2020. The average Bonchev–Trinajstić information content (AvgIpc) is 3.38. The number of carboxylic acids is 1. The van der Waals surface area contributed by atoms with Crippen LogP contribution >= 0.6 is 11.8 Å². The van der Waals surface area contributed by atoms with E-state index in [4.69, 9.17) is 9.47 Å². The summed E-state index contributed by atoms with van der Waals surface area (Å²) in [7, 11) is 0. The van der Waals surface area contributed by atoms with Gasteiger partial charge in [-0.05, 0) is 74.0 Å². The lowest BCUT2D eigenvalue weighted by Gasteiger charge is -2.44. The molecule has 2 aliphatic heterocycles. The molecule has 2 aliphatic rings. The zero-order chi connectivity index (χ0) is 36.4. The second-order valence-electron chi connectivity index (χ2n) is 12.3. The van der Waals surface area contributed by atoms with Crippen LogP contribution in [0, 0.1) is 0 Å². The largest absolute Gasteiger partial charge is 0.508 e. The quantitative estimate of drug-likeness (QED) is 0.106. The highest BCUT2D eigenvalue weighted by atomic mass is 32.2. The van der Waals surface area contributed by atoms with Crippen LogP contribution in [-0.4, -0.2) is 72.9 Å². The van der Waals surface area contributed by atoms with Gasteiger partial charge in [0.05, 0.1) is 11.1 Å². The van der Waals surface area contributed by atoms with E-state index in [1.165, 1.54) is 71.3 Å². The van der Waals surface area contributed by atoms with Crippen molar-refractivity contribution in [3.05, 3.63) is 125 Å². The number of benzene rings is 4.